The lowest BCUT2D eigenvalue weighted by molar-refractivity contribution is -0.121. The number of ether oxygens (including phenoxy) is 2. The van der Waals surface area contributed by atoms with Crippen molar-refractivity contribution in [1.29, 1.82) is 0 Å². The SMILES string of the molecule is CCOC(=O)c1ccc(N2C(=O)C[C@H](SC(=S)N3C[C@@H](C)O[C@@H](C)C3)C2=O)cc1. The molecule has 0 bridgehead atoms. The van der Waals surface area contributed by atoms with Crippen molar-refractivity contribution >= 4 is 51.8 Å². The number of anilines is 1. The molecule has 29 heavy (non-hydrogen) atoms. The van der Waals surface area contributed by atoms with Crippen molar-refractivity contribution in [3.63, 3.8) is 0 Å². The molecule has 0 spiro atoms. The minimum Gasteiger partial charge on any atom is -0.462 e. The zero-order valence-corrected chi connectivity index (χ0v) is 18.3. The van der Waals surface area contributed by atoms with Crippen molar-refractivity contribution in [3.8, 4) is 0 Å². The van der Waals surface area contributed by atoms with Crippen molar-refractivity contribution in [2.45, 2.75) is 44.6 Å². The summed E-state index contributed by atoms with van der Waals surface area (Å²) in [5.74, 6) is -1.01. The van der Waals surface area contributed by atoms with Gasteiger partial charge in [-0.2, -0.15) is 0 Å². The minimum absolute atomic E-state index is 0.0626. The van der Waals surface area contributed by atoms with Crippen LogP contribution in [-0.2, 0) is 19.1 Å². The molecule has 0 N–H and O–H groups in total. The Morgan fingerprint density at radius 2 is 1.83 bits per heavy atom. The number of carbonyl (C=O) groups is 3. The van der Waals surface area contributed by atoms with Crippen LogP contribution in [0.4, 0.5) is 5.69 Å². The summed E-state index contributed by atoms with van der Waals surface area (Å²) in [5.41, 5.74) is 0.813. The molecule has 9 heteroatoms. The van der Waals surface area contributed by atoms with Gasteiger partial charge in [-0.3, -0.25) is 9.59 Å². The van der Waals surface area contributed by atoms with Crippen molar-refractivity contribution in [2.75, 3.05) is 24.6 Å². The zero-order valence-electron chi connectivity index (χ0n) is 16.6. The second kappa shape index (κ2) is 9.23. The van der Waals surface area contributed by atoms with Crippen molar-refractivity contribution < 1.29 is 23.9 Å². The van der Waals surface area contributed by atoms with Gasteiger partial charge in [0.25, 0.3) is 0 Å². The molecule has 0 radical (unpaired) electrons. The molecule has 2 aliphatic heterocycles. The van der Waals surface area contributed by atoms with Gasteiger partial charge in [0.2, 0.25) is 11.8 Å². The van der Waals surface area contributed by atoms with Gasteiger partial charge in [0.05, 0.1) is 30.1 Å². The smallest absolute Gasteiger partial charge is 0.338 e. The zero-order chi connectivity index (χ0) is 21.1. The Hall–Kier alpha value is -1.97. The second-order valence-corrected chi connectivity index (χ2v) is 8.91. The summed E-state index contributed by atoms with van der Waals surface area (Å²) >= 11 is 6.79. The van der Waals surface area contributed by atoms with E-state index in [0.29, 0.717) is 28.7 Å². The first-order valence-electron chi connectivity index (χ1n) is 9.55. The van der Waals surface area contributed by atoms with E-state index >= 15 is 0 Å². The van der Waals surface area contributed by atoms with Gasteiger partial charge < -0.3 is 14.4 Å². The van der Waals surface area contributed by atoms with E-state index in [0.717, 1.165) is 0 Å². The third-order valence-electron chi connectivity index (χ3n) is 4.66. The number of morpholine rings is 1. The monoisotopic (exact) mass is 436 g/mol. The third-order valence-corrected chi connectivity index (χ3v) is 6.32. The minimum atomic E-state index is -0.548. The first-order valence-corrected chi connectivity index (χ1v) is 10.8. The van der Waals surface area contributed by atoms with E-state index in [9.17, 15) is 14.4 Å². The highest BCUT2D eigenvalue weighted by molar-refractivity contribution is 8.23. The van der Waals surface area contributed by atoms with Crippen LogP contribution in [0.2, 0.25) is 0 Å². The van der Waals surface area contributed by atoms with Crippen LogP contribution >= 0.6 is 24.0 Å². The molecular weight excluding hydrogens is 412 g/mol. The normalized spacial score (nSPS) is 24.7. The van der Waals surface area contributed by atoms with Gasteiger partial charge in [0, 0.05) is 19.5 Å². The predicted octanol–water partition coefficient (Wildman–Crippen LogP) is 2.62. The van der Waals surface area contributed by atoms with Crippen LogP contribution in [0, 0.1) is 0 Å². The molecule has 7 nitrogen and oxygen atoms in total. The van der Waals surface area contributed by atoms with Crippen LogP contribution in [0.15, 0.2) is 24.3 Å². The number of thiocarbonyl (C=S) groups is 1. The van der Waals surface area contributed by atoms with Crippen LogP contribution in [-0.4, -0.2) is 64.2 Å². The first kappa shape index (κ1) is 21.7. The Labute approximate surface area is 179 Å². The fraction of sp³-hybridized carbons (Fsp3) is 0.500. The maximum Gasteiger partial charge on any atom is 0.338 e. The predicted molar refractivity (Wildman–Crippen MR) is 115 cm³/mol. The van der Waals surface area contributed by atoms with Gasteiger partial charge in [-0.1, -0.05) is 24.0 Å². The lowest BCUT2D eigenvalue weighted by Gasteiger charge is -2.36. The Balaban J connectivity index is 1.66. The first-order chi connectivity index (χ1) is 13.8. The summed E-state index contributed by atoms with van der Waals surface area (Å²) in [6.07, 6.45) is 0.221. The highest BCUT2D eigenvalue weighted by Crippen LogP contribution is 2.32. The van der Waals surface area contributed by atoms with Gasteiger partial charge >= 0.3 is 5.97 Å². The lowest BCUT2D eigenvalue weighted by atomic mass is 10.2. The van der Waals surface area contributed by atoms with Crippen LogP contribution < -0.4 is 4.90 Å². The summed E-state index contributed by atoms with van der Waals surface area (Å²) in [6, 6.07) is 6.27. The highest BCUT2D eigenvalue weighted by atomic mass is 32.2. The molecule has 2 heterocycles. The molecule has 2 saturated heterocycles. The maximum atomic E-state index is 12.9. The summed E-state index contributed by atoms with van der Waals surface area (Å²) in [7, 11) is 0. The average Bonchev–Trinajstić information content (AvgIpc) is 2.94. The Morgan fingerprint density at radius 1 is 1.21 bits per heavy atom. The molecule has 156 valence electrons. The van der Waals surface area contributed by atoms with E-state index in [-0.39, 0.29) is 37.0 Å². The highest BCUT2D eigenvalue weighted by Gasteiger charge is 2.41. The molecule has 0 saturated carbocycles. The Morgan fingerprint density at radius 3 is 2.41 bits per heavy atom. The topological polar surface area (TPSA) is 76.2 Å². The summed E-state index contributed by atoms with van der Waals surface area (Å²) in [5, 5.41) is -0.548. The number of nitrogens with zero attached hydrogens (tertiary/aromatic N) is 2. The van der Waals surface area contributed by atoms with Crippen LogP contribution in [0.1, 0.15) is 37.6 Å². The van der Waals surface area contributed by atoms with Crippen molar-refractivity contribution in [1.82, 2.24) is 4.90 Å². The van der Waals surface area contributed by atoms with E-state index in [2.05, 4.69) is 0 Å². The molecule has 0 unspecified atom stereocenters. The van der Waals surface area contributed by atoms with Crippen LogP contribution in [0.3, 0.4) is 0 Å². The lowest BCUT2D eigenvalue weighted by Crippen LogP contribution is -2.47. The van der Waals surface area contributed by atoms with E-state index in [1.165, 1.54) is 16.7 Å². The molecule has 2 amide bonds. The number of rotatable bonds is 4. The maximum absolute atomic E-state index is 12.9. The number of esters is 1. The van der Waals surface area contributed by atoms with Gasteiger partial charge in [-0.25, -0.2) is 9.69 Å². The van der Waals surface area contributed by atoms with E-state index in [1.54, 1.807) is 31.2 Å². The van der Waals surface area contributed by atoms with Crippen LogP contribution in [0.5, 0.6) is 0 Å². The third kappa shape index (κ3) is 4.96. The molecule has 2 aliphatic rings. The van der Waals surface area contributed by atoms with Crippen LogP contribution in [0.25, 0.3) is 0 Å². The van der Waals surface area contributed by atoms with E-state index in [4.69, 9.17) is 21.7 Å². The molecule has 0 aliphatic carbocycles. The van der Waals surface area contributed by atoms with Gasteiger partial charge in [0.15, 0.2) is 0 Å². The van der Waals surface area contributed by atoms with Gasteiger partial charge in [0.1, 0.15) is 9.57 Å². The fourth-order valence-corrected chi connectivity index (χ4v) is 4.92. The average molecular weight is 437 g/mol. The Kier molecular flexibility index (Phi) is 6.92. The molecule has 3 atom stereocenters. The number of imide groups is 1. The largest absolute Gasteiger partial charge is 0.462 e. The fourth-order valence-electron chi connectivity index (χ4n) is 3.45. The summed E-state index contributed by atoms with van der Waals surface area (Å²) in [4.78, 5) is 40.4. The van der Waals surface area contributed by atoms with Crippen molar-refractivity contribution in [3.05, 3.63) is 29.8 Å². The second-order valence-electron chi connectivity index (χ2n) is 7.07. The number of hydrogen-bond acceptors (Lipinski definition) is 7. The number of hydrogen-bond donors (Lipinski definition) is 0. The summed E-state index contributed by atoms with van der Waals surface area (Å²) in [6.45, 7) is 7.33. The number of amides is 2. The van der Waals surface area contributed by atoms with Gasteiger partial charge in [-0.05, 0) is 45.0 Å². The van der Waals surface area contributed by atoms with Crippen molar-refractivity contribution in [2.24, 2.45) is 0 Å². The van der Waals surface area contributed by atoms with Gasteiger partial charge in [-0.15, -0.1) is 0 Å². The molecule has 2 fully saturated rings. The molecule has 1 aromatic carbocycles. The quantitative estimate of drug-likeness (QED) is 0.405. The molecular formula is C20H24N2O5S2. The molecule has 0 aromatic heterocycles. The number of benzene rings is 1. The molecule has 3 rings (SSSR count). The standard InChI is InChI=1S/C20H24N2O5S2/c1-4-26-19(25)14-5-7-15(8-6-14)22-17(23)9-16(18(22)24)29-20(28)21-10-12(2)27-13(3)11-21/h5-8,12-13,16H,4,9-11H2,1-3H3/t12-,13+,16-/m0/s1. The van der Waals surface area contributed by atoms with E-state index < -0.39 is 11.2 Å². The van der Waals surface area contributed by atoms with E-state index in [1.807, 2.05) is 18.7 Å². The Bertz CT molecular complexity index is 804. The summed E-state index contributed by atoms with van der Waals surface area (Å²) < 4.78 is 11.3. The molecule has 1 aromatic rings. The number of carbonyl (C=O) groups excluding carboxylic acids is 3. The number of thioether (sulfide) groups is 1.